The number of aromatic nitrogens is 1. The number of rotatable bonds is 5. The lowest BCUT2D eigenvalue weighted by atomic mass is 10.1. The van der Waals surface area contributed by atoms with Crippen molar-refractivity contribution in [3.63, 3.8) is 0 Å². The van der Waals surface area contributed by atoms with Gasteiger partial charge in [-0.15, -0.1) is 10.2 Å². The zero-order chi connectivity index (χ0) is 27.1. The SMILES string of the molecule is CC(=Cc1ccc(N=Nc2c(O)n(-c3ccc(C)c(C)c3)c3cc(C(F)(F)F)ccc23)c(O)c1)C(=O)O. The van der Waals surface area contributed by atoms with Crippen LogP contribution in [0, 0.1) is 13.8 Å². The average Bonchev–Trinajstić information content (AvgIpc) is 3.10. The second kappa shape index (κ2) is 9.45. The minimum atomic E-state index is -4.59. The molecule has 0 aliphatic carbocycles. The predicted molar refractivity (Wildman–Crippen MR) is 133 cm³/mol. The zero-order valence-corrected chi connectivity index (χ0v) is 20.0. The molecule has 7 nitrogen and oxygen atoms in total. The van der Waals surface area contributed by atoms with E-state index >= 15 is 0 Å². The number of aryl methyl sites for hydroxylation is 2. The van der Waals surface area contributed by atoms with Gasteiger partial charge in [0.15, 0.2) is 5.69 Å². The number of aromatic hydroxyl groups is 2. The van der Waals surface area contributed by atoms with Gasteiger partial charge in [0.1, 0.15) is 11.4 Å². The van der Waals surface area contributed by atoms with Gasteiger partial charge in [-0.05, 0) is 86.0 Å². The Balaban J connectivity index is 1.85. The number of hydrogen-bond acceptors (Lipinski definition) is 5. The molecule has 190 valence electrons. The first kappa shape index (κ1) is 25.5. The number of carboxylic acid groups (broad SMARTS) is 1. The molecule has 0 aliphatic rings. The molecule has 0 amide bonds. The summed E-state index contributed by atoms with van der Waals surface area (Å²) in [5.74, 6) is -1.82. The van der Waals surface area contributed by atoms with E-state index in [1.807, 2.05) is 13.8 Å². The summed E-state index contributed by atoms with van der Waals surface area (Å²) in [5.41, 5.74) is 1.92. The summed E-state index contributed by atoms with van der Waals surface area (Å²) >= 11 is 0. The molecule has 4 aromatic rings. The topological polar surface area (TPSA) is 107 Å². The Labute approximate surface area is 209 Å². The first-order valence-electron chi connectivity index (χ1n) is 11.1. The lowest BCUT2D eigenvalue weighted by molar-refractivity contribution is -0.137. The van der Waals surface area contributed by atoms with E-state index in [1.165, 1.54) is 41.8 Å². The summed E-state index contributed by atoms with van der Waals surface area (Å²) in [6.45, 7) is 5.15. The number of alkyl halides is 3. The van der Waals surface area contributed by atoms with E-state index in [1.54, 1.807) is 18.2 Å². The molecule has 0 saturated heterocycles. The molecule has 1 heterocycles. The Morgan fingerprint density at radius 2 is 1.68 bits per heavy atom. The van der Waals surface area contributed by atoms with Crippen LogP contribution in [0.4, 0.5) is 24.5 Å². The summed E-state index contributed by atoms with van der Waals surface area (Å²) in [4.78, 5) is 11.0. The van der Waals surface area contributed by atoms with Gasteiger partial charge >= 0.3 is 12.1 Å². The fourth-order valence-corrected chi connectivity index (χ4v) is 3.79. The quantitative estimate of drug-likeness (QED) is 0.190. The van der Waals surface area contributed by atoms with Crippen LogP contribution in [0.2, 0.25) is 0 Å². The first-order valence-corrected chi connectivity index (χ1v) is 11.1. The molecule has 37 heavy (non-hydrogen) atoms. The minimum Gasteiger partial charge on any atom is -0.506 e. The smallest absolute Gasteiger partial charge is 0.416 e. The molecular weight excluding hydrogens is 487 g/mol. The molecule has 0 aliphatic heterocycles. The molecule has 3 aromatic carbocycles. The van der Waals surface area contributed by atoms with Gasteiger partial charge in [-0.25, -0.2) is 4.79 Å². The van der Waals surface area contributed by atoms with Crippen LogP contribution in [0.15, 0.2) is 70.4 Å². The lowest BCUT2D eigenvalue weighted by Crippen LogP contribution is -2.05. The number of aliphatic carboxylic acids is 1. The van der Waals surface area contributed by atoms with Crippen molar-refractivity contribution >= 4 is 34.3 Å². The number of hydrogen-bond donors (Lipinski definition) is 3. The number of halogens is 3. The van der Waals surface area contributed by atoms with Crippen molar-refractivity contribution in [1.29, 1.82) is 0 Å². The summed E-state index contributed by atoms with van der Waals surface area (Å²) in [7, 11) is 0. The summed E-state index contributed by atoms with van der Waals surface area (Å²) in [6.07, 6.45) is -3.23. The van der Waals surface area contributed by atoms with Crippen molar-refractivity contribution < 1.29 is 33.3 Å². The molecule has 0 radical (unpaired) electrons. The standard InChI is InChI=1S/C27H22F3N3O4/c1-14-4-7-19(11-15(14)2)33-22-13-18(27(28,29)30)6-8-20(22)24(25(33)35)32-31-21-9-5-17(12-23(21)34)10-16(3)26(36)37/h4-13,34-35H,1-3H3,(H,36,37). The Kier molecular flexibility index (Phi) is 6.51. The third kappa shape index (κ3) is 5.04. The largest absolute Gasteiger partial charge is 0.506 e. The highest BCUT2D eigenvalue weighted by Crippen LogP contribution is 2.44. The van der Waals surface area contributed by atoms with E-state index in [-0.39, 0.29) is 33.6 Å². The zero-order valence-electron chi connectivity index (χ0n) is 20.0. The van der Waals surface area contributed by atoms with E-state index in [9.17, 15) is 28.2 Å². The summed E-state index contributed by atoms with van der Waals surface area (Å²) in [5, 5.41) is 38.7. The number of carboxylic acids is 1. The Morgan fingerprint density at radius 3 is 2.30 bits per heavy atom. The molecule has 0 fully saturated rings. The third-order valence-corrected chi connectivity index (χ3v) is 5.97. The summed E-state index contributed by atoms with van der Waals surface area (Å²) < 4.78 is 41.7. The van der Waals surface area contributed by atoms with Gasteiger partial charge in [0, 0.05) is 16.6 Å². The molecule has 10 heteroatoms. The number of phenols is 1. The van der Waals surface area contributed by atoms with Gasteiger partial charge in [-0.1, -0.05) is 12.1 Å². The van der Waals surface area contributed by atoms with Gasteiger partial charge in [0.2, 0.25) is 5.88 Å². The van der Waals surface area contributed by atoms with Crippen LogP contribution in [0.25, 0.3) is 22.7 Å². The first-order chi connectivity index (χ1) is 17.4. The number of fused-ring (bicyclic) bond motifs is 1. The molecule has 0 bridgehead atoms. The highest BCUT2D eigenvalue weighted by Gasteiger charge is 2.32. The van der Waals surface area contributed by atoms with Crippen LogP contribution >= 0.6 is 0 Å². The van der Waals surface area contributed by atoms with Crippen LogP contribution in [-0.2, 0) is 11.0 Å². The normalized spacial score (nSPS) is 12.5. The molecule has 4 rings (SSSR count). The number of benzene rings is 3. The Bertz CT molecular complexity index is 1600. The van der Waals surface area contributed by atoms with E-state index < -0.39 is 23.6 Å². The fourth-order valence-electron chi connectivity index (χ4n) is 3.79. The van der Waals surface area contributed by atoms with Crippen LogP contribution in [0.1, 0.15) is 29.2 Å². The van der Waals surface area contributed by atoms with Crippen molar-refractivity contribution in [2.24, 2.45) is 10.2 Å². The Morgan fingerprint density at radius 1 is 0.946 bits per heavy atom. The Hall–Kier alpha value is -4.60. The maximum atomic E-state index is 13.5. The molecular formula is C27H22F3N3O4. The maximum Gasteiger partial charge on any atom is 0.416 e. The molecule has 3 N–H and O–H groups in total. The van der Waals surface area contributed by atoms with E-state index in [0.717, 1.165) is 23.3 Å². The number of nitrogens with zero attached hydrogens (tertiary/aromatic N) is 3. The highest BCUT2D eigenvalue weighted by atomic mass is 19.4. The van der Waals surface area contributed by atoms with Gasteiger partial charge in [-0.2, -0.15) is 13.2 Å². The van der Waals surface area contributed by atoms with Crippen molar-refractivity contribution in [3.8, 4) is 17.3 Å². The van der Waals surface area contributed by atoms with Crippen molar-refractivity contribution in [3.05, 3.63) is 82.4 Å². The fraction of sp³-hybridized carbons (Fsp3) is 0.148. The summed E-state index contributed by atoms with van der Waals surface area (Å²) in [6, 6.07) is 12.5. The van der Waals surface area contributed by atoms with Crippen LogP contribution in [0.5, 0.6) is 11.6 Å². The molecule has 0 saturated carbocycles. The monoisotopic (exact) mass is 509 g/mol. The second-order valence-electron chi connectivity index (χ2n) is 8.59. The number of carbonyl (C=O) groups is 1. The lowest BCUT2D eigenvalue weighted by Gasteiger charge is -2.11. The van der Waals surface area contributed by atoms with Gasteiger partial charge in [0.05, 0.1) is 11.1 Å². The van der Waals surface area contributed by atoms with Gasteiger partial charge in [-0.3, -0.25) is 4.57 Å². The van der Waals surface area contributed by atoms with E-state index in [4.69, 9.17) is 5.11 Å². The second-order valence-corrected chi connectivity index (χ2v) is 8.59. The van der Waals surface area contributed by atoms with Crippen LogP contribution < -0.4 is 0 Å². The molecule has 0 unspecified atom stereocenters. The van der Waals surface area contributed by atoms with Gasteiger partial charge in [0.25, 0.3) is 0 Å². The maximum absolute atomic E-state index is 13.5. The minimum absolute atomic E-state index is 0.0171. The highest BCUT2D eigenvalue weighted by molar-refractivity contribution is 5.97. The van der Waals surface area contributed by atoms with Crippen molar-refractivity contribution in [2.45, 2.75) is 26.9 Å². The third-order valence-electron chi connectivity index (χ3n) is 5.97. The van der Waals surface area contributed by atoms with Crippen LogP contribution in [-0.4, -0.2) is 25.9 Å². The average molecular weight is 509 g/mol. The molecule has 0 spiro atoms. The van der Waals surface area contributed by atoms with Gasteiger partial charge < -0.3 is 15.3 Å². The molecule has 0 atom stereocenters. The van der Waals surface area contributed by atoms with E-state index in [0.29, 0.717) is 11.3 Å². The van der Waals surface area contributed by atoms with E-state index in [2.05, 4.69) is 10.2 Å². The van der Waals surface area contributed by atoms with Crippen molar-refractivity contribution in [1.82, 2.24) is 4.57 Å². The van der Waals surface area contributed by atoms with Crippen LogP contribution in [0.3, 0.4) is 0 Å². The number of azo groups is 1. The molecule has 1 aromatic heterocycles. The number of phenolic OH excluding ortho intramolecular Hbond substituents is 1. The van der Waals surface area contributed by atoms with Crippen molar-refractivity contribution in [2.75, 3.05) is 0 Å². The predicted octanol–water partition coefficient (Wildman–Crippen LogP) is 7.58.